The van der Waals surface area contributed by atoms with E-state index in [4.69, 9.17) is 0 Å². The molecule has 284 valence electrons. The normalized spacial score (nSPS) is 16.1. The Morgan fingerprint density at radius 3 is 1.13 bits per heavy atom. The zero-order valence-corrected chi connectivity index (χ0v) is 32.3. The van der Waals surface area contributed by atoms with E-state index >= 15 is 35.1 Å². The van der Waals surface area contributed by atoms with Crippen LogP contribution in [0.4, 0.5) is 43.9 Å². The van der Waals surface area contributed by atoms with Crippen molar-refractivity contribution in [2.24, 2.45) is 5.41 Å². The summed E-state index contributed by atoms with van der Waals surface area (Å²) in [5.41, 5.74) is -0.478. The lowest BCUT2D eigenvalue weighted by Crippen LogP contribution is -2.71. The highest BCUT2D eigenvalue weighted by atomic mass is 31.2. The molecule has 5 rings (SSSR count). The molecule has 0 radical (unpaired) electrons. The van der Waals surface area contributed by atoms with Crippen LogP contribution in [0.2, 0.25) is 6.32 Å². The minimum atomic E-state index is -4.18. The zero-order chi connectivity index (χ0) is 39.9. The molecule has 4 aromatic rings. The van der Waals surface area contributed by atoms with Gasteiger partial charge in [0, 0.05) is 0 Å². The van der Waals surface area contributed by atoms with E-state index in [1.807, 2.05) is 38.1 Å². The van der Waals surface area contributed by atoms with Crippen LogP contribution in [0.25, 0.3) is 0 Å². The van der Waals surface area contributed by atoms with Crippen molar-refractivity contribution in [3.63, 3.8) is 0 Å². The quantitative estimate of drug-likeness (QED) is 0.0439. The van der Waals surface area contributed by atoms with Crippen LogP contribution in [-0.2, 0) is 0 Å². The molecular weight excluding hydrogens is 724 g/mol. The number of benzene rings is 4. The van der Waals surface area contributed by atoms with Crippen LogP contribution in [-0.4, -0.2) is 17.9 Å². The Labute approximate surface area is 305 Å². The van der Waals surface area contributed by atoms with Crippen LogP contribution in [0.5, 0.6) is 0 Å². The summed E-state index contributed by atoms with van der Waals surface area (Å²) < 4.78 is 159. The van der Waals surface area contributed by atoms with Crippen LogP contribution in [0.1, 0.15) is 67.5 Å². The molecule has 0 saturated carbocycles. The molecular formula is C41H42BF10P. The van der Waals surface area contributed by atoms with Gasteiger partial charge in [0.1, 0.15) is 40.0 Å². The fourth-order valence-corrected chi connectivity index (χ4v) is 16.3. The second kappa shape index (κ2) is 13.9. The van der Waals surface area contributed by atoms with Gasteiger partial charge in [-0.2, -0.15) is 6.32 Å². The lowest BCUT2D eigenvalue weighted by molar-refractivity contribution is 0.379. The van der Waals surface area contributed by atoms with E-state index < -0.39 is 99.8 Å². The highest BCUT2D eigenvalue weighted by Gasteiger charge is 2.62. The Hall–Kier alpha value is -3.59. The molecule has 1 heterocycles. The van der Waals surface area contributed by atoms with E-state index in [2.05, 4.69) is 0 Å². The molecule has 0 nitrogen and oxygen atoms in total. The minimum absolute atomic E-state index is 0.136. The maximum atomic E-state index is 16.8. The number of halogens is 10. The average molecular weight is 767 g/mol. The summed E-state index contributed by atoms with van der Waals surface area (Å²) in [5.74, 6) is -24.1. The first kappa shape index (κ1) is 40.6. The average Bonchev–Trinajstić information content (AvgIpc) is 3.38. The number of hydrogen-bond acceptors (Lipinski definition) is 0. The van der Waals surface area contributed by atoms with Crippen molar-refractivity contribution in [1.29, 1.82) is 0 Å². The van der Waals surface area contributed by atoms with E-state index in [9.17, 15) is 8.78 Å². The fraction of sp³-hybridized carbons (Fsp3) is 0.366. The molecule has 0 saturated heterocycles. The number of hydrogen-bond donors (Lipinski definition) is 0. The van der Waals surface area contributed by atoms with Gasteiger partial charge in [0.15, 0.2) is 34.9 Å². The molecule has 53 heavy (non-hydrogen) atoms. The van der Waals surface area contributed by atoms with Crippen molar-refractivity contribution >= 4 is 34.9 Å². The predicted octanol–water partition coefficient (Wildman–Crippen LogP) is 10.5. The molecule has 0 spiro atoms. The van der Waals surface area contributed by atoms with Crippen molar-refractivity contribution in [2.75, 3.05) is 6.16 Å². The third-order valence-electron chi connectivity index (χ3n) is 11.0. The number of aryl methyl sites for hydroxylation is 6. The lowest BCUT2D eigenvalue weighted by Gasteiger charge is -2.51. The molecule has 1 unspecified atom stereocenters. The van der Waals surface area contributed by atoms with Crippen molar-refractivity contribution in [1.82, 2.24) is 0 Å². The SMILES string of the molecule is CC1=CC([B-](CCC(C)(C)C)(c2c(F)c(F)c(F)c(F)c2F)c2c(F)c(F)c(F)c(F)c2F)[P+](c2c(C)cc(C)cc2C)(c2c(C)cc(C)cc2C)C1. The van der Waals surface area contributed by atoms with E-state index in [-0.39, 0.29) is 12.6 Å². The van der Waals surface area contributed by atoms with Crippen molar-refractivity contribution in [3.8, 4) is 0 Å². The van der Waals surface area contributed by atoms with Gasteiger partial charge >= 0.3 is 0 Å². The molecule has 1 aliphatic heterocycles. The standard InChI is InChI=1S/C41H42BF10P/c1-19-13-22(4)39(23(5)14-19)53(40-24(6)15-20(2)16-25(40)7)18-21(3)17-26(53)42(12-11-41(8,9)10,27-29(43)33(47)37(51)34(48)30(27)44)28-31(45)35(49)38(52)36(50)32(28)46/h13-17,26H,11-12,18H2,1-10H3. The third kappa shape index (κ3) is 6.33. The molecule has 1 atom stereocenters. The first-order valence-corrected chi connectivity index (χ1v) is 19.4. The van der Waals surface area contributed by atoms with Crippen LogP contribution in [0.15, 0.2) is 35.9 Å². The van der Waals surface area contributed by atoms with Crippen LogP contribution in [0.3, 0.4) is 0 Å². The Morgan fingerprint density at radius 1 is 0.528 bits per heavy atom. The van der Waals surface area contributed by atoms with Crippen molar-refractivity contribution < 1.29 is 43.9 Å². The Balaban J connectivity index is 2.21. The van der Waals surface area contributed by atoms with E-state index in [0.29, 0.717) is 38.4 Å². The molecule has 0 N–H and O–H groups in total. The number of allylic oxidation sites excluding steroid dienone is 2. The maximum Gasteiger partial charge on any atom is 0.200 e. The first-order chi connectivity index (χ1) is 24.4. The topological polar surface area (TPSA) is 0 Å². The fourth-order valence-electron chi connectivity index (χ4n) is 9.49. The second-order valence-corrected chi connectivity index (χ2v) is 19.8. The van der Waals surface area contributed by atoms with Gasteiger partial charge in [-0.25, -0.2) is 43.9 Å². The van der Waals surface area contributed by atoms with Gasteiger partial charge in [0.25, 0.3) is 0 Å². The van der Waals surface area contributed by atoms with Crippen LogP contribution >= 0.6 is 7.26 Å². The molecule has 1 aliphatic rings. The predicted molar refractivity (Wildman–Crippen MR) is 196 cm³/mol. The highest BCUT2D eigenvalue weighted by Crippen LogP contribution is 2.70. The van der Waals surface area contributed by atoms with Gasteiger partial charge in [0.05, 0.1) is 13.4 Å². The summed E-state index contributed by atoms with van der Waals surface area (Å²) in [4.78, 5) is 0. The van der Waals surface area contributed by atoms with Crippen LogP contribution in [0, 0.1) is 105 Å². The Bertz CT molecular complexity index is 1970. The summed E-state index contributed by atoms with van der Waals surface area (Å²) in [7, 11) is -3.51. The third-order valence-corrected chi connectivity index (χ3v) is 16.7. The molecule has 4 aromatic carbocycles. The van der Waals surface area contributed by atoms with Crippen LogP contribution < -0.4 is 21.5 Å². The maximum absolute atomic E-state index is 16.8. The molecule has 12 heteroatoms. The van der Waals surface area contributed by atoms with Gasteiger partial charge in [-0.3, -0.25) is 0 Å². The van der Waals surface area contributed by atoms with Gasteiger partial charge in [0.2, 0.25) is 0 Å². The molecule has 0 amide bonds. The smallest absolute Gasteiger partial charge is 0.200 e. The molecule has 0 bridgehead atoms. The zero-order valence-electron chi connectivity index (χ0n) is 31.4. The monoisotopic (exact) mass is 766 g/mol. The summed E-state index contributed by atoms with van der Waals surface area (Å²) in [6.45, 7) is 17.7. The molecule has 0 aromatic heterocycles. The van der Waals surface area contributed by atoms with E-state index in [1.54, 1.807) is 55.4 Å². The van der Waals surface area contributed by atoms with Crippen molar-refractivity contribution in [2.45, 2.75) is 87.5 Å². The van der Waals surface area contributed by atoms with Gasteiger partial charge in [-0.05, 0) is 87.3 Å². The van der Waals surface area contributed by atoms with Gasteiger partial charge < -0.3 is 0 Å². The summed E-state index contributed by atoms with van der Waals surface area (Å²) in [5, 5.41) is 1.32. The molecule has 0 aliphatic carbocycles. The Kier molecular flexibility index (Phi) is 10.7. The van der Waals surface area contributed by atoms with E-state index in [1.165, 1.54) is 6.08 Å². The Morgan fingerprint density at radius 2 is 0.830 bits per heavy atom. The first-order valence-electron chi connectivity index (χ1n) is 17.4. The summed E-state index contributed by atoms with van der Waals surface area (Å²) >= 11 is 0. The van der Waals surface area contributed by atoms with Gasteiger partial charge in [-0.1, -0.05) is 68.7 Å². The highest BCUT2D eigenvalue weighted by molar-refractivity contribution is 7.93. The second-order valence-electron chi connectivity index (χ2n) is 16.2. The lowest BCUT2D eigenvalue weighted by atomic mass is 9.14. The summed E-state index contributed by atoms with van der Waals surface area (Å²) in [6.07, 6.45) is -3.39. The summed E-state index contributed by atoms with van der Waals surface area (Å²) in [6, 6.07) is 7.48. The molecule has 0 fully saturated rings. The van der Waals surface area contributed by atoms with E-state index in [0.717, 1.165) is 11.1 Å². The largest absolute Gasteiger partial charge is 0.207 e. The minimum Gasteiger partial charge on any atom is -0.207 e. The van der Waals surface area contributed by atoms with Gasteiger partial charge in [-0.15, -0.1) is 10.9 Å². The van der Waals surface area contributed by atoms with Crippen molar-refractivity contribution in [3.05, 3.63) is 127 Å². The number of rotatable bonds is 7.